The molecule has 1 fully saturated rings. The van der Waals surface area contributed by atoms with Gasteiger partial charge in [-0.1, -0.05) is 18.9 Å². The molecule has 0 saturated carbocycles. The fraction of sp³-hybridized carbons (Fsp3) is 0.533. The Morgan fingerprint density at radius 1 is 1.37 bits per heavy atom. The maximum Gasteiger partial charge on any atom is 0.248 e. The highest BCUT2D eigenvalue weighted by atomic mass is 16.1. The number of nitrogen functional groups attached to an aromatic ring is 1. The van der Waals surface area contributed by atoms with Gasteiger partial charge in [-0.15, -0.1) is 0 Å². The summed E-state index contributed by atoms with van der Waals surface area (Å²) in [5.41, 5.74) is 13.5. The second kappa shape index (κ2) is 6.06. The summed E-state index contributed by atoms with van der Waals surface area (Å²) in [5, 5.41) is 0. The fourth-order valence-electron chi connectivity index (χ4n) is 2.68. The van der Waals surface area contributed by atoms with E-state index in [1.54, 1.807) is 12.1 Å². The van der Waals surface area contributed by atoms with Gasteiger partial charge in [-0.2, -0.15) is 0 Å². The summed E-state index contributed by atoms with van der Waals surface area (Å²) in [6, 6.07) is 5.96. The second-order valence-corrected chi connectivity index (χ2v) is 5.45. The van der Waals surface area contributed by atoms with Crippen LogP contribution in [0.5, 0.6) is 0 Å². The zero-order valence-corrected chi connectivity index (χ0v) is 11.6. The topological polar surface area (TPSA) is 72.3 Å². The quantitative estimate of drug-likeness (QED) is 0.819. The Kier molecular flexibility index (Phi) is 4.43. The van der Waals surface area contributed by atoms with E-state index in [4.69, 9.17) is 11.5 Å². The molecule has 4 heteroatoms. The number of primary amides is 1. The Morgan fingerprint density at radius 2 is 2.16 bits per heavy atom. The van der Waals surface area contributed by atoms with Gasteiger partial charge in [0.15, 0.2) is 0 Å². The molecule has 0 aliphatic carbocycles. The van der Waals surface area contributed by atoms with Crippen molar-refractivity contribution in [3.8, 4) is 0 Å². The molecular weight excluding hydrogens is 238 g/mol. The monoisotopic (exact) mass is 261 g/mol. The van der Waals surface area contributed by atoms with Crippen molar-refractivity contribution >= 4 is 11.6 Å². The van der Waals surface area contributed by atoms with E-state index in [1.165, 1.54) is 25.7 Å². The smallest absolute Gasteiger partial charge is 0.248 e. The molecule has 1 amide bonds. The number of anilines is 1. The summed E-state index contributed by atoms with van der Waals surface area (Å²) in [6.45, 7) is 4.25. The Bertz CT molecular complexity index is 459. The minimum Gasteiger partial charge on any atom is -0.398 e. The molecule has 0 radical (unpaired) electrons. The van der Waals surface area contributed by atoms with Gasteiger partial charge >= 0.3 is 0 Å². The zero-order valence-electron chi connectivity index (χ0n) is 11.6. The maximum absolute atomic E-state index is 11.1. The molecule has 1 saturated heterocycles. The molecule has 1 aliphatic rings. The van der Waals surface area contributed by atoms with Crippen molar-refractivity contribution in [1.29, 1.82) is 0 Å². The summed E-state index contributed by atoms with van der Waals surface area (Å²) in [5.74, 6) is -0.429. The van der Waals surface area contributed by atoms with Crippen LogP contribution in [0.3, 0.4) is 0 Å². The molecule has 0 bridgehead atoms. The lowest BCUT2D eigenvalue weighted by molar-refractivity contribution is 0.100. The standard InChI is InChI=1S/C15H23N3O/c1-11-5-3-2-4-8-18(11)10-13-7-6-12(15(17)19)9-14(13)16/h6-7,9,11H,2-5,8,10,16H2,1H3,(H2,17,19). The van der Waals surface area contributed by atoms with E-state index in [0.29, 0.717) is 17.3 Å². The largest absolute Gasteiger partial charge is 0.398 e. The van der Waals surface area contributed by atoms with Crippen molar-refractivity contribution in [3.63, 3.8) is 0 Å². The van der Waals surface area contributed by atoms with Crippen LogP contribution >= 0.6 is 0 Å². The van der Waals surface area contributed by atoms with Gasteiger partial charge in [0.25, 0.3) is 0 Å². The van der Waals surface area contributed by atoms with Crippen LogP contribution in [0.4, 0.5) is 5.69 Å². The van der Waals surface area contributed by atoms with Crippen LogP contribution in [0.15, 0.2) is 18.2 Å². The molecule has 4 nitrogen and oxygen atoms in total. The number of nitrogens with two attached hydrogens (primary N) is 2. The van der Waals surface area contributed by atoms with Gasteiger partial charge in [0.05, 0.1) is 0 Å². The van der Waals surface area contributed by atoms with Crippen LogP contribution in [0.2, 0.25) is 0 Å². The number of hydrogen-bond donors (Lipinski definition) is 2. The maximum atomic E-state index is 11.1. The first kappa shape index (κ1) is 13.9. The highest BCUT2D eigenvalue weighted by molar-refractivity contribution is 5.93. The SMILES string of the molecule is CC1CCCCCN1Cc1ccc(C(N)=O)cc1N. The van der Waals surface area contributed by atoms with Gasteiger partial charge in [0.2, 0.25) is 5.91 Å². The number of amides is 1. The first-order valence-electron chi connectivity index (χ1n) is 7.00. The fourth-order valence-corrected chi connectivity index (χ4v) is 2.68. The average molecular weight is 261 g/mol. The number of nitrogens with zero attached hydrogens (tertiary/aromatic N) is 1. The third kappa shape index (κ3) is 3.47. The van der Waals surface area contributed by atoms with Crippen LogP contribution in [-0.2, 0) is 6.54 Å². The summed E-state index contributed by atoms with van der Waals surface area (Å²) in [7, 11) is 0. The highest BCUT2D eigenvalue weighted by Crippen LogP contribution is 2.22. The molecule has 4 N–H and O–H groups in total. The third-order valence-corrected chi connectivity index (χ3v) is 3.99. The lowest BCUT2D eigenvalue weighted by atomic mass is 10.1. The van der Waals surface area contributed by atoms with Crippen molar-refractivity contribution in [3.05, 3.63) is 29.3 Å². The molecule has 1 heterocycles. The molecule has 1 aromatic carbocycles. The Balaban J connectivity index is 2.11. The molecule has 104 valence electrons. The molecular formula is C15H23N3O. The van der Waals surface area contributed by atoms with E-state index < -0.39 is 5.91 Å². The molecule has 1 unspecified atom stereocenters. The zero-order chi connectivity index (χ0) is 13.8. The van der Waals surface area contributed by atoms with Crippen LogP contribution in [0, 0.1) is 0 Å². The number of carbonyl (C=O) groups is 1. The van der Waals surface area contributed by atoms with Crippen molar-refractivity contribution in [2.24, 2.45) is 5.73 Å². The number of rotatable bonds is 3. The van der Waals surface area contributed by atoms with Gasteiger partial charge in [-0.25, -0.2) is 0 Å². The average Bonchev–Trinajstić information content (AvgIpc) is 2.57. The van der Waals surface area contributed by atoms with Crippen LogP contribution < -0.4 is 11.5 Å². The van der Waals surface area contributed by atoms with E-state index in [-0.39, 0.29) is 0 Å². The number of benzene rings is 1. The van der Waals surface area contributed by atoms with Crippen LogP contribution in [0.25, 0.3) is 0 Å². The van der Waals surface area contributed by atoms with E-state index in [9.17, 15) is 4.79 Å². The molecule has 1 atom stereocenters. The van der Waals surface area contributed by atoms with Crippen molar-refractivity contribution in [1.82, 2.24) is 4.90 Å². The van der Waals surface area contributed by atoms with E-state index in [1.807, 2.05) is 6.07 Å². The summed E-state index contributed by atoms with van der Waals surface area (Å²) in [6.07, 6.45) is 5.13. The number of hydrogen-bond acceptors (Lipinski definition) is 3. The number of carbonyl (C=O) groups excluding carboxylic acids is 1. The van der Waals surface area contributed by atoms with Gasteiger partial charge in [-0.05, 0) is 44.0 Å². The first-order valence-corrected chi connectivity index (χ1v) is 7.00. The molecule has 0 spiro atoms. The number of likely N-dealkylation sites (tertiary alicyclic amines) is 1. The van der Waals surface area contributed by atoms with E-state index >= 15 is 0 Å². The molecule has 1 aliphatic heterocycles. The minimum absolute atomic E-state index is 0.429. The van der Waals surface area contributed by atoms with Gasteiger partial charge < -0.3 is 11.5 Å². The Labute approximate surface area is 114 Å². The van der Waals surface area contributed by atoms with Crippen molar-refractivity contribution < 1.29 is 4.79 Å². The Hall–Kier alpha value is -1.55. The second-order valence-electron chi connectivity index (χ2n) is 5.45. The lowest BCUT2D eigenvalue weighted by Gasteiger charge is -2.27. The van der Waals surface area contributed by atoms with Gasteiger partial charge in [-0.3, -0.25) is 9.69 Å². The third-order valence-electron chi connectivity index (χ3n) is 3.99. The van der Waals surface area contributed by atoms with Gasteiger partial charge in [0, 0.05) is 23.8 Å². The van der Waals surface area contributed by atoms with Crippen LogP contribution in [0.1, 0.15) is 48.5 Å². The van der Waals surface area contributed by atoms with E-state index in [2.05, 4.69) is 11.8 Å². The lowest BCUT2D eigenvalue weighted by Crippen LogP contribution is -2.32. The van der Waals surface area contributed by atoms with Gasteiger partial charge in [0.1, 0.15) is 0 Å². The summed E-state index contributed by atoms with van der Waals surface area (Å²) in [4.78, 5) is 13.6. The summed E-state index contributed by atoms with van der Waals surface area (Å²) < 4.78 is 0. The minimum atomic E-state index is -0.429. The van der Waals surface area contributed by atoms with Crippen molar-refractivity contribution in [2.75, 3.05) is 12.3 Å². The predicted octanol–water partition coefficient (Wildman–Crippen LogP) is 2.13. The Morgan fingerprint density at radius 3 is 2.84 bits per heavy atom. The highest BCUT2D eigenvalue weighted by Gasteiger charge is 2.18. The molecule has 19 heavy (non-hydrogen) atoms. The van der Waals surface area contributed by atoms with E-state index in [0.717, 1.165) is 18.7 Å². The normalized spacial score (nSPS) is 21.0. The molecule has 0 aromatic heterocycles. The predicted molar refractivity (Wildman–Crippen MR) is 77.7 cm³/mol. The molecule has 2 rings (SSSR count). The molecule has 1 aromatic rings. The first-order chi connectivity index (χ1) is 9.08. The summed E-state index contributed by atoms with van der Waals surface area (Å²) >= 11 is 0. The van der Waals surface area contributed by atoms with Crippen LogP contribution in [-0.4, -0.2) is 23.4 Å². The van der Waals surface area contributed by atoms with Crippen molar-refractivity contribution in [2.45, 2.75) is 45.2 Å².